The van der Waals surface area contributed by atoms with Gasteiger partial charge in [-0.05, 0) is 43.4 Å². The van der Waals surface area contributed by atoms with Crippen molar-refractivity contribution in [1.82, 2.24) is 0 Å². The van der Waals surface area contributed by atoms with Gasteiger partial charge in [-0.3, -0.25) is 0 Å². The maximum atomic E-state index is 8.73. The molecule has 0 spiro atoms. The van der Waals surface area contributed by atoms with Crippen molar-refractivity contribution in [2.45, 2.75) is 32.3 Å². The Morgan fingerprint density at radius 2 is 2.25 bits per heavy atom. The van der Waals surface area contributed by atoms with Crippen molar-refractivity contribution >= 4 is 11.6 Å². The van der Waals surface area contributed by atoms with Crippen molar-refractivity contribution in [3.8, 4) is 11.8 Å². The first-order valence-electron chi connectivity index (χ1n) is 5.57. The Balaban J connectivity index is 2.13. The second-order valence-corrected chi connectivity index (χ2v) is 4.73. The summed E-state index contributed by atoms with van der Waals surface area (Å²) in [5.74, 6) is 1.28. The van der Waals surface area contributed by atoms with Crippen molar-refractivity contribution in [3.63, 3.8) is 0 Å². The Kier molecular flexibility index (Phi) is 3.36. The molecule has 1 aliphatic rings. The van der Waals surface area contributed by atoms with E-state index in [1.165, 1.54) is 12.8 Å². The van der Waals surface area contributed by atoms with Gasteiger partial charge in [-0.2, -0.15) is 5.26 Å². The minimum absolute atomic E-state index is 0.269. The van der Waals surface area contributed by atoms with Gasteiger partial charge in [0.05, 0.1) is 16.7 Å². The zero-order chi connectivity index (χ0) is 11.5. The molecule has 0 unspecified atom stereocenters. The molecule has 2 nitrogen and oxygen atoms in total. The first-order chi connectivity index (χ1) is 7.70. The fourth-order valence-electron chi connectivity index (χ4n) is 2.12. The fraction of sp³-hybridized carbons (Fsp3) is 0.462. The molecule has 1 aromatic rings. The molecule has 1 aromatic carbocycles. The van der Waals surface area contributed by atoms with Crippen molar-refractivity contribution in [2.24, 2.45) is 5.92 Å². The molecule has 0 aromatic heterocycles. The van der Waals surface area contributed by atoms with E-state index in [0.29, 0.717) is 22.3 Å². The van der Waals surface area contributed by atoms with Gasteiger partial charge >= 0.3 is 0 Å². The van der Waals surface area contributed by atoms with Crippen LogP contribution in [0.4, 0.5) is 0 Å². The predicted octanol–water partition coefficient (Wildman–Crippen LogP) is 3.78. The Labute approximate surface area is 101 Å². The highest BCUT2D eigenvalue weighted by molar-refractivity contribution is 6.32. The topological polar surface area (TPSA) is 33.0 Å². The van der Waals surface area contributed by atoms with Crippen LogP contribution < -0.4 is 4.74 Å². The van der Waals surface area contributed by atoms with Crippen LogP contribution in [0.15, 0.2) is 18.2 Å². The van der Waals surface area contributed by atoms with E-state index in [-0.39, 0.29) is 6.10 Å². The highest BCUT2D eigenvalue weighted by Crippen LogP contribution is 2.32. The van der Waals surface area contributed by atoms with Crippen LogP contribution in [0.5, 0.6) is 5.75 Å². The molecule has 2 atom stereocenters. The summed E-state index contributed by atoms with van der Waals surface area (Å²) in [5.41, 5.74) is 0.567. The number of rotatable bonds is 2. The largest absolute Gasteiger partial charge is 0.489 e. The minimum atomic E-state index is 0.269. The standard InChI is InChI=1S/C13H14ClNO/c1-9-3-2-4-12(9)16-13-6-5-10(8-15)7-11(13)14/h5-7,9,12H,2-4H2,1H3/t9-,12-/m1/s1. The Morgan fingerprint density at radius 1 is 1.44 bits per heavy atom. The number of nitriles is 1. The molecule has 84 valence electrons. The van der Waals surface area contributed by atoms with Gasteiger partial charge in [0.15, 0.2) is 0 Å². The van der Waals surface area contributed by atoms with E-state index in [1.807, 2.05) is 0 Å². The molecule has 3 heteroatoms. The van der Waals surface area contributed by atoms with Crippen LogP contribution in [0, 0.1) is 17.2 Å². The molecule has 2 rings (SSSR count). The number of halogens is 1. The van der Waals surface area contributed by atoms with E-state index in [0.717, 1.165) is 6.42 Å². The first-order valence-corrected chi connectivity index (χ1v) is 5.95. The second kappa shape index (κ2) is 4.76. The summed E-state index contributed by atoms with van der Waals surface area (Å²) in [5, 5.41) is 9.26. The average molecular weight is 236 g/mol. The molecular formula is C13H14ClNO. The van der Waals surface area contributed by atoms with Gasteiger partial charge in [0.2, 0.25) is 0 Å². The summed E-state index contributed by atoms with van der Waals surface area (Å²) in [4.78, 5) is 0. The second-order valence-electron chi connectivity index (χ2n) is 4.32. The smallest absolute Gasteiger partial charge is 0.138 e. The van der Waals surface area contributed by atoms with Gasteiger partial charge < -0.3 is 4.74 Å². The van der Waals surface area contributed by atoms with E-state index in [9.17, 15) is 0 Å². The quantitative estimate of drug-likeness (QED) is 0.782. The van der Waals surface area contributed by atoms with Gasteiger partial charge in [0.1, 0.15) is 11.9 Å². The summed E-state index contributed by atoms with van der Waals surface area (Å²) in [6.45, 7) is 2.20. The van der Waals surface area contributed by atoms with Gasteiger partial charge in [-0.25, -0.2) is 0 Å². The normalized spacial score (nSPS) is 24.1. The van der Waals surface area contributed by atoms with Gasteiger partial charge in [0.25, 0.3) is 0 Å². The summed E-state index contributed by atoms with van der Waals surface area (Å²) < 4.78 is 5.88. The number of hydrogen-bond acceptors (Lipinski definition) is 2. The lowest BCUT2D eigenvalue weighted by Crippen LogP contribution is -2.19. The molecular weight excluding hydrogens is 222 g/mol. The number of nitrogens with zero attached hydrogens (tertiary/aromatic N) is 1. The first kappa shape index (κ1) is 11.3. The lowest BCUT2D eigenvalue weighted by Gasteiger charge is -2.18. The molecule has 0 bridgehead atoms. The third-order valence-corrected chi connectivity index (χ3v) is 3.42. The molecule has 1 fully saturated rings. The van der Waals surface area contributed by atoms with Crippen LogP contribution in [0.25, 0.3) is 0 Å². The van der Waals surface area contributed by atoms with Gasteiger partial charge in [-0.1, -0.05) is 18.5 Å². The molecule has 0 aliphatic heterocycles. The van der Waals surface area contributed by atoms with Crippen molar-refractivity contribution in [3.05, 3.63) is 28.8 Å². The highest BCUT2D eigenvalue weighted by atomic mass is 35.5. The molecule has 0 N–H and O–H groups in total. The maximum Gasteiger partial charge on any atom is 0.138 e. The monoisotopic (exact) mass is 235 g/mol. The van der Waals surface area contributed by atoms with Crippen LogP contribution in [0.3, 0.4) is 0 Å². The van der Waals surface area contributed by atoms with Crippen molar-refractivity contribution in [2.75, 3.05) is 0 Å². The highest BCUT2D eigenvalue weighted by Gasteiger charge is 2.25. The maximum absolute atomic E-state index is 8.73. The van der Waals surface area contributed by atoms with E-state index < -0.39 is 0 Å². The minimum Gasteiger partial charge on any atom is -0.489 e. The Bertz CT molecular complexity index is 424. The molecule has 1 aliphatic carbocycles. The van der Waals surface area contributed by atoms with Crippen LogP contribution in [0.2, 0.25) is 5.02 Å². The van der Waals surface area contributed by atoms with Crippen molar-refractivity contribution in [1.29, 1.82) is 5.26 Å². The lowest BCUT2D eigenvalue weighted by atomic mass is 10.1. The summed E-state index contributed by atoms with van der Waals surface area (Å²) in [7, 11) is 0. The van der Waals surface area contributed by atoms with E-state index >= 15 is 0 Å². The van der Waals surface area contributed by atoms with E-state index in [2.05, 4.69) is 13.0 Å². The van der Waals surface area contributed by atoms with Crippen LogP contribution in [-0.4, -0.2) is 6.10 Å². The van der Waals surface area contributed by atoms with Gasteiger partial charge in [0, 0.05) is 0 Å². The molecule has 0 amide bonds. The molecule has 16 heavy (non-hydrogen) atoms. The fourth-order valence-corrected chi connectivity index (χ4v) is 2.34. The van der Waals surface area contributed by atoms with Crippen LogP contribution in [-0.2, 0) is 0 Å². The zero-order valence-corrected chi connectivity index (χ0v) is 10.00. The van der Waals surface area contributed by atoms with Crippen LogP contribution >= 0.6 is 11.6 Å². The number of ether oxygens (including phenoxy) is 1. The number of benzene rings is 1. The Morgan fingerprint density at radius 3 is 2.81 bits per heavy atom. The summed E-state index contributed by atoms with van der Waals surface area (Å²) in [6, 6.07) is 7.23. The number of hydrogen-bond donors (Lipinski definition) is 0. The van der Waals surface area contributed by atoms with Crippen LogP contribution in [0.1, 0.15) is 31.7 Å². The van der Waals surface area contributed by atoms with E-state index in [4.69, 9.17) is 21.6 Å². The SMILES string of the molecule is C[C@@H]1CCC[C@H]1Oc1ccc(C#N)cc1Cl. The average Bonchev–Trinajstić information content (AvgIpc) is 2.67. The van der Waals surface area contributed by atoms with Gasteiger partial charge in [-0.15, -0.1) is 0 Å². The zero-order valence-electron chi connectivity index (χ0n) is 9.24. The summed E-state index contributed by atoms with van der Waals surface area (Å²) >= 11 is 6.06. The summed E-state index contributed by atoms with van der Waals surface area (Å²) in [6.07, 6.45) is 3.81. The lowest BCUT2D eigenvalue weighted by molar-refractivity contribution is 0.168. The Hall–Kier alpha value is -1.20. The molecule has 0 heterocycles. The molecule has 1 saturated carbocycles. The third kappa shape index (κ3) is 2.31. The predicted molar refractivity (Wildman–Crippen MR) is 63.6 cm³/mol. The third-order valence-electron chi connectivity index (χ3n) is 3.12. The van der Waals surface area contributed by atoms with E-state index in [1.54, 1.807) is 18.2 Å². The van der Waals surface area contributed by atoms with Crippen molar-refractivity contribution < 1.29 is 4.74 Å². The molecule has 0 radical (unpaired) electrons. The molecule has 0 saturated heterocycles.